The fraction of sp³-hybridized carbons (Fsp3) is 0.250. The van der Waals surface area contributed by atoms with Gasteiger partial charge in [-0.1, -0.05) is 6.08 Å². The third kappa shape index (κ3) is 4.15. The lowest BCUT2D eigenvalue weighted by atomic mass is 9.95. The molecule has 0 aliphatic heterocycles. The summed E-state index contributed by atoms with van der Waals surface area (Å²) >= 11 is 0. The Hall–Kier alpha value is -3.19. The number of hydrogen-bond donors (Lipinski definition) is 4. The Morgan fingerprint density at radius 1 is 1.33 bits per heavy atom. The molecule has 1 heterocycles. The van der Waals surface area contributed by atoms with E-state index in [1.165, 1.54) is 25.3 Å². The van der Waals surface area contributed by atoms with Gasteiger partial charge in [-0.3, -0.25) is 14.6 Å². The van der Waals surface area contributed by atoms with Crippen LogP contribution in [0.5, 0.6) is 11.5 Å². The third-order valence-corrected chi connectivity index (χ3v) is 3.99. The van der Waals surface area contributed by atoms with Gasteiger partial charge in [-0.25, -0.2) is 0 Å². The molecule has 27 heavy (non-hydrogen) atoms. The van der Waals surface area contributed by atoms with Gasteiger partial charge < -0.3 is 20.5 Å². The minimum Gasteiger partial charge on any atom is -0.507 e. The molecule has 1 aromatic heterocycles. The number of allylic oxidation sites excluding steroid dienone is 3. The molecule has 0 saturated heterocycles. The molecule has 2 rings (SSSR count). The molecule has 2 aromatic rings. The Labute approximate surface area is 156 Å². The zero-order valence-corrected chi connectivity index (χ0v) is 15.6. The van der Waals surface area contributed by atoms with Gasteiger partial charge in [-0.2, -0.15) is 0 Å². The minimum atomic E-state index is -0.414. The van der Waals surface area contributed by atoms with Gasteiger partial charge in [0.05, 0.1) is 5.52 Å². The zero-order chi connectivity index (χ0) is 20.1. The summed E-state index contributed by atoms with van der Waals surface area (Å²) in [6.45, 7) is 7.14. The van der Waals surface area contributed by atoms with E-state index in [1.807, 2.05) is 0 Å². The lowest BCUT2D eigenvalue weighted by Gasteiger charge is -2.16. The number of fused-ring (bicyclic) bond motifs is 1. The van der Waals surface area contributed by atoms with E-state index >= 15 is 0 Å². The highest BCUT2D eigenvalue weighted by Gasteiger charge is 2.22. The number of phenolic OH excluding ortho intramolecular Hbond substituents is 2. The van der Waals surface area contributed by atoms with Gasteiger partial charge in [0, 0.05) is 29.8 Å². The van der Waals surface area contributed by atoms with Gasteiger partial charge in [0.1, 0.15) is 11.4 Å². The van der Waals surface area contributed by atoms with Gasteiger partial charge in [0.15, 0.2) is 11.5 Å². The minimum absolute atomic E-state index is 0.0802. The van der Waals surface area contributed by atoms with Crippen LogP contribution in [0.2, 0.25) is 0 Å². The molecule has 0 aliphatic carbocycles. The molecule has 0 spiro atoms. The first-order valence-corrected chi connectivity index (χ1v) is 8.42. The number of phenols is 2. The standard InChI is InChI=1S/C20H23N3O4/c1-5-6-13-10-14(25)23-18-16(13)19(26)15(11(2)9-12(3)24)17(20(18)27)22-8-7-21-4/h5,8-10,21,26-27H,1,6-7H2,2-4H3,(H,23,25)/b11-9-,22-8?. The number of nitrogens with one attached hydrogen (secondary N) is 2. The van der Waals surface area contributed by atoms with E-state index < -0.39 is 5.56 Å². The number of carbonyl (C=O) groups excluding carboxylic acids is 1. The SMILES string of the molecule is C=CCc1cc(=O)[nH]c2c(O)c(N=CCNC)c(/C(C)=C\C(C)=O)c(O)c12. The number of hydrogen-bond acceptors (Lipinski definition) is 6. The number of nitrogens with zero attached hydrogens (tertiary/aromatic N) is 1. The molecule has 0 amide bonds. The Balaban J connectivity index is 3.01. The summed E-state index contributed by atoms with van der Waals surface area (Å²) in [4.78, 5) is 30.3. The van der Waals surface area contributed by atoms with Crippen LogP contribution in [0.4, 0.5) is 5.69 Å². The van der Waals surface area contributed by atoms with Crippen LogP contribution in [0.15, 0.2) is 34.6 Å². The predicted octanol–water partition coefficient (Wildman–Crippen LogP) is 2.58. The summed E-state index contributed by atoms with van der Waals surface area (Å²) in [5, 5.41) is 25.0. The maximum absolute atomic E-state index is 12.0. The summed E-state index contributed by atoms with van der Waals surface area (Å²) in [6.07, 6.45) is 4.80. The second-order valence-electron chi connectivity index (χ2n) is 6.13. The second-order valence-corrected chi connectivity index (χ2v) is 6.13. The molecule has 0 radical (unpaired) electrons. The van der Waals surface area contributed by atoms with Crippen LogP contribution < -0.4 is 10.9 Å². The van der Waals surface area contributed by atoms with Crippen LogP contribution in [-0.4, -0.2) is 40.8 Å². The van der Waals surface area contributed by atoms with E-state index in [9.17, 15) is 19.8 Å². The van der Waals surface area contributed by atoms with Crippen molar-refractivity contribution in [2.45, 2.75) is 20.3 Å². The fourth-order valence-corrected chi connectivity index (χ4v) is 2.96. The fourth-order valence-electron chi connectivity index (χ4n) is 2.96. The number of H-pyrrole nitrogens is 1. The Kier molecular flexibility index (Phi) is 6.31. The largest absolute Gasteiger partial charge is 0.507 e. The molecule has 0 atom stereocenters. The first kappa shape index (κ1) is 20.1. The van der Waals surface area contributed by atoms with Crippen LogP contribution in [-0.2, 0) is 11.2 Å². The lowest BCUT2D eigenvalue weighted by Crippen LogP contribution is -2.09. The third-order valence-electron chi connectivity index (χ3n) is 3.99. The van der Waals surface area contributed by atoms with Crippen LogP contribution in [0, 0.1) is 0 Å². The van der Waals surface area contributed by atoms with Crippen molar-refractivity contribution in [3.05, 3.63) is 46.3 Å². The molecule has 0 aliphatic rings. The molecule has 0 bridgehead atoms. The first-order chi connectivity index (χ1) is 12.8. The summed E-state index contributed by atoms with van der Waals surface area (Å²) in [6, 6.07) is 1.35. The highest BCUT2D eigenvalue weighted by molar-refractivity contribution is 6.05. The van der Waals surface area contributed by atoms with Crippen LogP contribution >= 0.6 is 0 Å². The quantitative estimate of drug-likeness (QED) is 0.259. The molecule has 0 unspecified atom stereocenters. The van der Waals surface area contributed by atoms with Gasteiger partial charge >= 0.3 is 0 Å². The normalized spacial score (nSPS) is 12.0. The highest BCUT2D eigenvalue weighted by atomic mass is 16.3. The monoisotopic (exact) mass is 369 g/mol. The number of ketones is 1. The Morgan fingerprint density at radius 3 is 2.63 bits per heavy atom. The van der Waals surface area contributed by atoms with E-state index in [4.69, 9.17) is 0 Å². The number of aliphatic imine (C=N–C) groups is 1. The van der Waals surface area contributed by atoms with Crippen LogP contribution in [0.1, 0.15) is 25.0 Å². The molecule has 1 aromatic carbocycles. The average Bonchev–Trinajstić information content (AvgIpc) is 2.58. The van der Waals surface area contributed by atoms with Crippen molar-refractivity contribution >= 4 is 34.2 Å². The molecular formula is C20H23N3O4. The Bertz CT molecular complexity index is 1020. The van der Waals surface area contributed by atoms with Gasteiger partial charge in [0.25, 0.3) is 0 Å². The number of rotatable bonds is 7. The summed E-state index contributed by atoms with van der Waals surface area (Å²) < 4.78 is 0. The average molecular weight is 369 g/mol. The van der Waals surface area contributed by atoms with E-state index in [2.05, 4.69) is 21.9 Å². The molecule has 7 heteroatoms. The maximum Gasteiger partial charge on any atom is 0.248 e. The van der Waals surface area contributed by atoms with Crippen LogP contribution in [0.25, 0.3) is 16.5 Å². The Morgan fingerprint density at radius 2 is 2.04 bits per heavy atom. The van der Waals surface area contributed by atoms with Crippen molar-refractivity contribution < 1.29 is 15.0 Å². The van der Waals surface area contributed by atoms with E-state index in [0.29, 0.717) is 29.5 Å². The van der Waals surface area contributed by atoms with Crippen molar-refractivity contribution in [1.82, 2.24) is 10.3 Å². The van der Waals surface area contributed by atoms with Crippen molar-refractivity contribution in [2.24, 2.45) is 4.99 Å². The molecule has 0 saturated carbocycles. The van der Waals surface area contributed by atoms with Crippen molar-refractivity contribution in [2.75, 3.05) is 13.6 Å². The van der Waals surface area contributed by atoms with Crippen molar-refractivity contribution in [3.8, 4) is 11.5 Å². The molecular weight excluding hydrogens is 346 g/mol. The van der Waals surface area contributed by atoms with Crippen LogP contribution in [0.3, 0.4) is 0 Å². The number of aromatic hydroxyl groups is 2. The first-order valence-electron chi connectivity index (χ1n) is 8.42. The summed E-state index contributed by atoms with van der Waals surface area (Å²) in [5.41, 5.74) is 0.955. The second kappa shape index (κ2) is 8.46. The number of aromatic amines is 1. The van der Waals surface area contributed by atoms with Gasteiger partial charge in [-0.05, 0) is 44.5 Å². The lowest BCUT2D eigenvalue weighted by molar-refractivity contribution is -0.112. The summed E-state index contributed by atoms with van der Waals surface area (Å²) in [7, 11) is 1.74. The van der Waals surface area contributed by atoms with E-state index in [0.717, 1.165) is 0 Å². The van der Waals surface area contributed by atoms with Crippen molar-refractivity contribution in [3.63, 3.8) is 0 Å². The molecule has 142 valence electrons. The number of carbonyl (C=O) groups is 1. The molecule has 7 nitrogen and oxygen atoms in total. The number of aromatic nitrogens is 1. The number of benzene rings is 1. The van der Waals surface area contributed by atoms with Gasteiger partial charge in [0.2, 0.25) is 5.56 Å². The van der Waals surface area contributed by atoms with E-state index in [-0.39, 0.29) is 34.0 Å². The molecule has 4 N–H and O–H groups in total. The maximum atomic E-state index is 12.0. The number of pyridine rings is 1. The highest BCUT2D eigenvalue weighted by Crippen LogP contribution is 2.47. The predicted molar refractivity (Wildman–Crippen MR) is 108 cm³/mol. The van der Waals surface area contributed by atoms with Gasteiger partial charge in [-0.15, -0.1) is 6.58 Å². The van der Waals surface area contributed by atoms with Crippen molar-refractivity contribution in [1.29, 1.82) is 0 Å². The smallest absolute Gasteiger partial charge is 0.248 e. The molecule has 0 fully saturated rings. The summed E-state index contributed by atoms with van der Waals surface area (Å²) in [5.74, 6) is -0.642. The topological polar surface area (TPSA) is 115 Å². The zero-order valence-electron chi connectivity index (χ0n) is 15.6. The van der Waals surface area contributed by atoms with E-state index in [1.54, 1.807) is 20.0 Å².